The Balaban J connectivity index is 1.55. The monoisotopic (exact) mass is 471 g/mol. The van der Waals surface area contributed by atoms with Crippen LogP contribution in [0.4, 0.5) is 0 Å². The average Bonchev–Trinajstić information content (AvgIpc) is 3.08. The summed E-state index contributed by atoms with van der Waals surface area (Å²) < 4.78 is 32.4. The van der Waals surface area contributed by atoms with Crippen LogP contribution in [-0.4, -0.2) is 49.1 Å². The number of nitrogens with one attached hydrogen (secondary N) is 1. The molecule has 2 aromatic rings. The van der Waals surface area contributed by atoms with Gasteiger partial charge in [-0.25, -0.2) is 18.1 Å². The zero-order valence-corrected chi connectivity index (χ0v) is 19.4. The molecule has 30 heavy (non-hydrogen) atoms. The number of aromatic nitrogens is 1. The zero-order valence-electron chi connectivity index (χ0n) is 17.1. The van der Waals surface area contributed by atoms with E-state index in [0.717, 1.165) is 5.01 Å². The van der Waals surface area contributed by atoms with E-state index in [0.29, 0.717) is 53.7 Å². The fraction of sp³-hybridized carbons (Fsp3) is 0.500. The van der Waals surface area contributed by atoms with E-state index in [2.05, 4.69) is 9.71 Å². The molecule has 0 bridgehead atoms. The van der Waals surface area contributed by atoms with Gasteiger partial charge in [0, 0.05) is 24.2 Å². The first-order valence-electron chi connectivity index (χ1n) is 9.91. The van der Waals surface area contributed by atoms with Gasteiger partial charge in [-0.15, -0.1) is 11.3 Å². The van der Waals surface area contributed by atoms with Crippen LogP contribution in [0.1, 0.15) is 46.6 Å². The van der Waals surface area contributed by atoms with Crippen molar-refractivity contribution in [3.63, 3.8) is 0 Å². The van der Waals surface area contributed by atoms with Gasteiger partial charge in [0.05, 0.1) is 11.4 Å². The summed E-state index contributed by atoms with van der Waals surface area (Å²) in [5, 5.41) is 1.37. The molecule has 1 fully saturated rings. The minimum atomic E-state index is -3.24. The van der Waals surface area contributed by atoms with Gasteiger partial charge in [0.15, 0.2) is 0 Å². The van der Waals surface area contributed by atoms with E-state index in [1.165, 1.54) is 11.3 Å². The summed E-state index contributed by atoms with van der Waals surface area (Å²) in [6.45, 7) is 4.98. The van der Waals surface area contributed by atoms with Crippen LogP contribution < -0.4 is 9.46 Å². The van der Waals surface area contributed by atoms with Crippen molar-refractivity contribution >= 4 is 38.9 Å². The molecule has 0 spiro atoms. The van der Waals surface area contributed by atoms with Crippen LogP contribution in [0.3, 0.4) is 0 Å². The third kappa shape index (κ3) is 6.16. The molecule has 0 saturated carbocycles. The average molecular weight is 472 g/mol. The summed E-state index contributed by atoms with van der Waals surface area (Å²) in [7, 11) is -3.24. The number of hydrogen-bond donors (Lipinski definition) is 1. The van der Waals surface area contributed by atoms with Crippen molar-refractivity contribution in [2.45, 2.75) is 45.8 Å². The number of rotatable bonds is 8. The number of ether oxygens (including phenoxy) is 1. The number of halogens is 1. The molecule has 0 radical (unpaired) electrons. The molecule has 164 valence electrons. The van der Waals surface area contributed by atoms with Crippen LogP contribution >= 0.6 is 22.9 Å². The Bertz CT molecular complexity index is 968. The van der Waals surface area contributed by atoms with E-state index >= 15 is 0 Å². The molecule has 7 nitrogen and oxygen atoms in total. The van der Waals surface area contributed by atoms with E-state index in [1.54, 1.807) is 29.2 Å². The van der Waals surface area contributed by atoms with Gasteiger partial charge in [-0.1, -0.05) is 18.5 Å². The number of benzene rings is 1. The van der Waals surface area contributed by atoms with Crippen LogP contribution in [0, 0.1) is 6.92 Å². The number of sulfonamides is 1. The lowest BCUT2D eigenvalue weighted by atomic mass is 10.1. The lowest BCUT2D eigenvalue weighted by molar-refractivity contribution is 0.0715. The lowest BCUT2D eigenvalue weighted by Gasteiger charge is -2.32. The standard InChI is InChI=1S/C20H26ClN3O4S2/c1-3-12-30(26,27)23-16-8-10-24(11-9-16)20(25)19-14(2)22-18(29-19)13-28-17-6-4-15(21)5-7-17/h4-7,16,23H,3,8-13H2,1-2H3. The minimum absolute atomic E-state index is 0.0578. The summed E-state index contributed by atoms with van der Waals surface area (Å²) in [6.07, 6.45) is 1.81. The topological polar surface area (TPSA) is 88.6 Å². The van der Waals surface area contributed by atoms with Gasteiger partial charge in [0.1, 0.15) is 22.2 Å². The second-order valence-electron chi connectivity index (χ2n) is 7.27. The highest BCUT2D eigenvalue weighted by Crippen LogP contribution is 2.24. The highest BCUT2D eigenvalue weighted by atomic mass is 35.5. The molecule has 1 amide bonds. The molecule has 3 rings (SSSR count). The van der Waals surface area contributed by atoms with Gasteiger partial charge in [-0.3, -0.25) is 4.79 Å². The fourth-order valence-corrected chi connectivity index (χ4v) is 5.78. The Kier molecular flexibility index (Phi) is 7.73. The van der Waals surface area contributed by atoms with Crippen LogP contribution in [0.15, 0.2) is 24.3 Å². The molecular formula is C20H26ClN3O4S2. The molecule has 0 aliphatic carbocycles. The number of thiazole rings is 1. The first-order valence-corrected chi connectivity index (χ1v) is 12.8. The van der Waals surface area contributed by atoms with Gasteiger partial charge < -0.3 is 9.64 Å². The minimum Gasteiger partial charge on any atom is -0.486 e. The van der Waals surface area contributed by atoms with Crippen molar-refractivity contribution in [3.8, 4) is 5.75 Å². The van der Waals surface area contributed by atoms with E-state index in [4.69, 9.17) is 16.3 Å². The lowest BCUT2D eigenvalue weighted by Crippen LogP contribution is -2.46. The summed E-state index contributed by atoms with van der Waals surface area (Å²) >= 11 is 7.21. The smallest absolute Gasteiger partial charge is 0.265 e. The van der Waals surface area contributed by atoms with Crippen molar-refractivity contribution in [2.24, 2.45) is 0 Å². The number of amides is 1. The van der Waals surface area contributed by atoms with Gasteiger partial charge in [0.2, 0.25) is 10.0 Å². The first kappa shape index (κ1) is 23.0. The van der Waals surface area contributed by atoms with Gasteiger partial charge >= 0.3 is 0 Å². The van der Waals surface area contributed by atoms with Crippen molar-refractivity contribution < 1.29 is 17.9 Å². The number of nitrogens with zero attached hydrogens (tertiary/aromatic N) is 2. The molecule has 1 N–H and O–H groups in total. The normalized spacial score (nSPS) is 15.4. The Labute approximate surface area is 186 Å². The second kappa shape index (κ2) is 10.1. The number of carbonyl (C=O) groups excluding carboxylic acids is 1. The van der Waals surface area contributed by atoms with Gasteiger partial charge in [-0.05, 0) is 50.5 Å². The largest absolute Gasteiger partial charge is 0.486 e. The van der Waals surface area contributed by atoms with Crippen molar-refractivity contribution in [2.75, 3.05) is 18.8 Å². The fourth-order valence-electron chi connectivity index (χ4n) is 3.31. The van der Waals surface area contributed by atoms with Crippen molar-refractivity contribution in [1.82, 2.24) is 14.6 Å². The first-order chi connectivity index (χ1) is 14.3. The molecule has 0 unspecified atom stereocenters. The third-order valence-electron chi connectivity index (χ3n) is 4.81. The predicted octanol–water partition coefficient (Wildman–Crippen LogP) is 3.62. The Morgan fingerprint density at radius 1 is 1.30 bits per heavy atom. The molecule has 0 atom stereocenters. The van der Waals surface area contributed by atoms with Gasteiger partial charge in [0.25, 0.3) is 5.91 Å². The molecule has 2 heterocycles. The maximum atomic E-state index is 12.9. The van der Waals surface area contributed by atoms with Crippen LogP contribution in [0.2, 0.25) is 5.02 Å². The summed E-state index contributed by atoms with van der Waals surface area (Å²) in [5.41, 5.74) is 0.686. The SMILES string of the molecule is CCCS(=O)(=O)NC1CCN(C(=O)c2sc(COc3ccc(Cl)cc3)nc2C)CC1. The van der Waals surface area contributed by atoms with E-state index in [-0.39, 0.29) is 24.3 Å². The second-order valence-corrected chi connectivity index (χ2v) is 10.7. The Hall–Kier alpha value is -1.68. The van der Waals surface area contributed by atoms with Crippen molar-refractivity contribution in [3.05, 3.63) is 44.9 Å². The molecule has 1 aliphatic rings. The summed E-state index contributed by atoms with van der Waals surface area (Å²) in [6, 6.07) is 6.97. The van der Waals surface area contributed by atoms with Crippen LogP contribution in [0.5, 0.6) is 5.75 Å². The number of carbonyl (C=O) groups is 1. The third-order valence-corrected chi connectivity index (χ3v) is 7.82. The Morgan fingerprint density at radius 3 is 2.60 bits per heavy atom. The maximum Gasteiger partial charge on any atom is 0.265 e. The van der Waals surface area contributed by atoms with Gasteiger partial charge in [-0.2, -0.15) is 0 Å². The number of aryl methyl sites for hydroxylation is 1. The van der Waals surface area contributed by atoms with E-state index in [1.807, 2.05) is 13.8 Å². The predicted molar refractivity (Wildman–Crippen MR) is 119 cm³/mol. The maximum absolute atomic E-state index is 12.9. The summed E-state index contributed by atoms with van der Waals surface area (Å²) in [4.78, 5) is 19.8. The quantitative estimate of drug-likeness (QED) is 0.635. The van der Waals surface area contributed by atoms with E-state index < -0.39 is 10.0 Å². The molecule has 10 heteroatoms. The van der Waals surface area contributed by atoms with Crippen LogP contribution in [0.25, 0.3) is 0 Å². The van der Waals surface area contributed by atoms with Crippen LogP contribution in [-0.2, 0) is 16.6 Å². The zero-order chi connectivity index (χ0) is 21.7. The molecule has 1 aromatic heterocycles. The Morgan fingerprint density at radius 2 is 1.97 bits per heavy atom. The van der Waals surface area contributed by atoms with Crippen molar-refractivity contribution in [1.29, 1.82) is 0 Å². The number of likely N-dealkylation sites (tertiary alicyclic amines) is 1. The number of hydrogen-bond acceptors (Lipinski definition) is 6. The highest BCUT2D eigenvalue weighted by molar-refractivity contribution is 7.89. The summed E-state index contributed by atoms with van der Waals surface area (Å²) in [5.74, 6) is 0.762. The highest BCUT2D eigenvalue weighted by Gasteiger charge is 2.28. The van der Waals surface area contributed by atoms with E-state index in [9.17, 15) is 13.2 Å². The molecular weight excluding hydrogens is 446 g/mol. The number of piperidine rings is 1. The molecule has 1 saturated heterocycles. The molecule has 1 aromatic carbocycles. The molecule has 1 aliphatic heterocycles.